The third kappa shape index (κ3) is 5.13. The second-order valence-electron chi connectivity index (χ2n) is 5.76. The van der Waals surface area contributed by atoms with E-state index in [1.807, 2.05) is 12.3 Å². The summed E-state index contributed by atoms with van der Waals surface area (Å²) in [5.74, 6) is 1.55. The van der Waals surface area contributed by atoms with E-state index in [-0.39, 0.29) is 0 Å². The molecule has 1 fully saturated rings. The first-order valence-electron chi connectivity index (χ1n) is 7.84. The van der Waals surface area contributed by atoms with Gasteiger partial charge in [-0.1, -0.05) is 18.5 Å². The van der Waals surface area contributed by atoms with Gasteiger partial charge in [-0.2, -0.15) is 0 Å². The molecule has 0 spiro atoms. The smallest absolute Gasteiger partial charge is 0.147 e. The molecule has 118 valence electrons. The third-order valence-corrected chi connectivity index (χ3v) is 4.15. The van der Waals surface area contributed by atoms with Crippen LogP contribution in [-0.2, 0) is 11.3 Å². The van der Waals surface area contributed by atoms with Crippen molar-refractivity contribution in [3.05, 3.63) is 22.8 Å². The summed E-state index contributed by atoms with van der Waals surface area (Å²) in [5, 5.41) is 4.10. The fourth-order valence-corrected chi connectivity index (χ4v) is 2.99. The molecule has 4 nitrogen and oxygen atoms in total. The monoisotopic (exact) mass is 311 g/mol. The Morgan fingerprint density at radius 2 is 2.19 bits per heavy atom. The highest BCUT2D eigenvalue weighted by molar-refractivity contribution is 6.33. The molecular weight excluding hydrogens is 286 g/mol. The number of ether oxygens (including phenoxy) is 1. The fraction of sp³-hybridized carbons (Fsp3) is 0.688. The Hall–Kier alpha value is -0.840. The second-order valence-corrected chi connectivity index (χ2v) is 6.17. The third-order valence-electron chi connectivity index (χ3n) is 3.87. The van der Waals surface area contributed by atoms with Crippen molar-refractivity contribution < 1.29 is 4.74 Å². The van der Waals surface area contributed by atoms with E-state index in [4.69, 9.17) is 16.3 Å². The van der Waals surface area contributed by atoms with Crippen molar-refractivity contribution in [3.8, 4) is 0 Å². The molecule has 2 heterocycles. The number of hydrogen-bond acceptors (Lipinski definition) is 4. The summed E-state index contributed by atoms with van der Waals surface area (Å²) in [6, 6.07) is 2.02. The Labute approximate surface area is 132 Å². The average Bonchev–Trinajstić information content (AvgIpc) is 2.48. The summed E-state index contributed by atoms with van der Waals surface area (Å²) in [6.45, 7) is 6.74. The first kappa shape index (κ1) is 16.5. The van der Waals surface area contributed by atoms with Crippen molar-refractivity contribution >= 4 is 17.4 Å². The molecule has 1 aliphatic rings. The Morgan fingerprint density at radius 3 is 2.86 bits per heavy atom. The molecule has 1 aromatic heterocycles. The lowest BCUT2D eigenvalue weighted by molar-refractivity contribution is 0.0685. The lowest BCUT2D eigenvalue weighted by atomic mass is 10.00. The van der Waals surface area contributed by atoms with Crippen LogP contribution in [0.5, 0.6) is 0 Å². The summed E-state index contributed by atoms with van der Waals surface area (Å²) in [7, 11) is 2.07. The minimum absolute atomic E-state index is 0.674. The zero-order valence-corrected chi connectivity index (χ0v) is 13.8. The molecule has 1 aromatic rings. The van der Waals surface area contributed by atoms with Crippen LogP contribution in [0.15, 0.2) is 12.3 Å². The van der Waals surface area contributed by atoms with E-state index in [0.717, 1.165) is 68.5 Å². The van der Waals surface area contributed by atoms with Gasteiger partial charge in [-0.15, -0.1) is 0 Å². The van der Waals surface area contributed by atoms with Crippen LogP contribution in [0.4, 0.5) is 5.82 Å². The van der Waals surface area contributed by atoms with Crippen molar-refractivity contribution in [2.45, 2.75) is 32.7 Å². The number of rotatable bonds is 7. The fourth-order valence-electron chi connectivity index (χ4n) is 2.66. The molecule has 0 radical (unpaired) electrons. The number of nitrogens with zero attached hydrogens (tertiary/aromatic N) is 2. The molecule has 0 atom stereocenters. The molecule has 1 saturated heterocycles. The van der Waals surface area contributed by atoms with Crippen molar-refractivity contribution in [3.63, 3.8) is 0 Å². The Bertz CT molecular complexity index is 436. The maximum absolute atomic E-state index is 6.40. The molecule has 5 heteroatoms. The van der Waals surface area contributed by atoms with Gasteiger partial charge in [0.2, 0.25) is 0 Å². The van der Waals surface area contributed by atoms with Gasteiger partial charge in [0.15, 0.2) is 0 Å². The molecule has 21 heavy (non-hydrogen) atoms. The Morgan fingerprint density at radius 1 is 1.43 bits per heavy atom. The normalized spacial score (nSPS) is 16.1. The van der Waals surface area contributed by atoms with E-state index in [2.05, 4.69) is 29.2 Å². The Balaban J connectivity index is 1.92. The zero-order chi connectivity index (χ0) is 15.1. The van der Waals surface area contributed by atoms with Crippen LogP contribution >= 0.6 is 11.6 Å². The van der Waals surface area contributed by atoms with Gasteiger partial charge in [0.25, 0.3) is 0 Å². The summed E-state index contributed by atoms with van der Waals surface area (Å²) in [6.07, 6.45) is 5.30. The van der Waals surface area contributed by atoms with Crippen LogP contribution in [0.25, 0.3) is 0 Å². The van der Waals surface area contributed by atoms with Gasteiger partial charge < -0.3 is 15.0 Å². The second kappa shape index (κ2) is 8.57. The van der Waals surface area contributed by atoms with Crippen LogP contribution in [0.2, 0.25) is 5.02 Å². The highest BCUT2D eigenvalue weighted by Gasteiger charge is 2.18. The van der Waals surface area contributed by atoms with Gasteiger partial charge in [-0.3, -0.25) is 0 Å². The first-order valence-corrected chi connectivity index (χ1v) is 8.22. The highest BCUT2D eigenvalue weighted by Crippen LogP contribution is 2.25. The van der Waals surface area contributed by atoms with Crippen molar-refractivity contribution in [1.82, 2.24) is 10.3 Å². The van der Waals surface area contributed by atoms with Gasteiger partial charge in [-0.25, -0.2) is 4.98 Å². The zero-order valence-electron chi connectivity index (χ0n) is 13.1. The predicted molar refractivity (Wildman–Crippen MR) is 88.1 cm³/mol. The topological polar surface area (TPSA) is 37.4 Å². The molecule has 2 rings (SSSR count). The van der Waals surface area contributed by atoms with Crippen molar-refractivity contribution in [2.24, 2.45) is 5.92 Å². The highest BCUT2D eigenvalue weighted by atomic mass is 35.5. The summed E-state index contributed by atoms with van der Waals surface area (Å²) in [5.41, 5.74) is 1.14. The number of hydrogen-bond donors (Lipinski definition) is 1. The minimum Gasteiger partial charge on any atom is -0.381 e. The Kier molecular flexibility index (Phi) is 6.74. The van der Waals surface area contributed by atoms with E-state index in [0.29, 0.717) is 5.92 Å². The van der Waals surface area contributed by atoms with Crippen molar-refractivity contribution in [2.75, 3.05) is 38.3 Å². The van der Waals surface area contributed by atoms with Crippen LogP contribution < -0.4 is 10.2 Å². The van der Waals surface area contributed by atoms with Gasteiger partial charge in [-0.05, 0) is 43.4 Å². The van der Waals surface area contributed by atoms with Crippen LogP contribution in [0.3, 0.4) is 0 Å². The van der Waals surface area contributed by atoms with Crippen LogP contribution in [0.1, 0.15) is 31.7 Å². The number of aromatic nitrogens is 1. The molecule has 1 aliphatic heterocycles. The van der Waals surface area contributed by atoms with Gasteiger partial charge >= 0.3 is 0 Å². The van der Waals surface area contributed by atoms with Crippen molar-refractivity contribution in [1.29, 1.82) is 0 Å². The predicted octanol–water partition coefficient (Wildman–Crippen LogP) is 3.10. The molecule has 0 unspecified atom stereocenters. The number of anilines is 1. The van der Waals surface area contributed by atoms with E-state index < -0.39 is 0 Å². The van der Waals surface area contributed by atoms with Gasteiger partial charge in [0.05, 0.1) is 5.02 Å². The lowest BCUT2D eigenvalue weighted by Crippen LogP contribution is -2.30. The molecule has 1 N–H and O–H groups in total. The van der Waals surface area contributed by atoms with E-state index in [9.17, 15) is 0 Å². The largest absolute Gasteiger partial charge is 0.381 e. The summed E-state index contributed by atoms with van der Waals surface area (Å²) >= 11 is 6.40. The van der Waals surface area contributed by atoms with Crippen LogP contribution in [-0.4, -0.2) is 38.3 Å². The standard InChI is InChI=1S/C16H26ClN3O/c1-3-6-18-10-14-9-15(17)16(19-11-14)20(2)12-13-4-7-21-8-5-13/h9,11,13,18H,3-8,10,12H2,1-2H3. The average molecular weight is 312 g/mol. The maximum Gasteiger partial charge on any atom is 0.147 e. The maximum atomic E-state index is 6.40. The number of pyridine rings is 1. The number of nitrogens with one attached hydrogen (secondary N) is 1. The minimum atomic E-state index is 0.674. The van der Waals surface area contributed by atoms with Crippen LogP contribution in [0, 0.1) is 5.92 Å². The summed E-state index contributed by atoms with van der Waals surface area (Å²) in [4.78, 5) is 6.71. The van der Waals surface area contributed by atoms with Gasteiger partial charge in [0.1, 0.15) is 5.82 Å². The molecule has 0 saturated carbocycles. The van der Waals surface area contributed by atoms with E-state index >= 15 is 0 Å². The number of halogens is 1. The first-order chi connectivity index (χ1) is 10.2. The molecule has 0 bridgehead atoms. The SMILES string of the molecule is CCCNCc1cnc(N(C)CC2CCOCC2)c(Cl)c1. The molecule has 0 amide bonds. The lowest BCUT2D eigenvalue weighted by Gasteiger charge is -2.28. The van der Waals surface area contributed by atoms with E-state index in [1.165, 1.54) is 0 Å². The molecular formula is C16H26ClN3O. The quantitative estimate of drug-likeness (QED) is 0.785. The molecule has 0 aromatic carbocycles. The van der Waals surface area contributed by atoms with E-state index in [1.54, 1.807) is 0 Å². The van der Waals surface area contributed by atoms with Gasteiger partial charge in [0, 0.05) is 39.5 Å². The summed E-state index contributed by atoms with van der Waals surface area (Å²) < 4.78 is 5.41. The molecule has 0 aliphatic carbocycles.